The second kappa shape index (κ2) is 13.5. The molecule has 0 saturated carbocycles. The van der Waals surface area contributed by atoms with Gasteiger partial charge in [0.2, 0.25) is 0 Å². The maximum atomic E-state index is 6.61. The Balaban J connectivity index is 1.18. The lowest BCUT2D eigenvalue weighted by Crippen LogP contribution is -2.52. The third kappa shape index (κ3) is 5.47. The topological polar surface area (TPSA) is 31.4 Å². The number of aromatic nitrogens is 2. The number of allylic oxidation sites excluding steroid dienone is 2. The van der Waals surface area contributed by atoms with Crippen molar-refractivity contribution < 1.29 is 4.65 Å². The molecule has 0 fully saturated rings. The molecule has 0 saturated heterocycles. The maximum absolute atomic E-state index is 6.61. The lowest BCUT2D eigenvalue weighted by atomic mass is 9.88. The van der Waals surface area contributed by atoms with Crippen molar-refractivity contribution in [3.8, 4) is 33.4 Å². The van der Waals surface area contributed by atoms with Crippen molar-refractivity contribution in [3.05, 3.63) is 245 Å². The molecular weight excluding hydrogens is 693 g/mol. The number of hydrogen-bond acceptors (Lipinski definition) is 2. The van der Waals surface area contributed by atoms with Gasteiger partial charge < -0.3 is 13.6 Å². The molecule has 57 heavy (non-hydrogen) atoms. The molecule has 5 heteroatoms. The fourth-order valence-electron chi connectivity index (χ4n) is 8.82. The first-order valence-electron chi connectivity index (χ1n) is 19.4. The van der Waals surface area contributed by atoms with E-state index in [-0.39, 0.29) is 0 Å². The van der Waals surface area contributed by atoms with E-state index in [1.54, 1.807) is 0 Å². The summed E-state index contributed by atoms with van der Waals surface area (Å²) in [5.41, 5.74) is 17.7. The van der Waals surface area contributed by atoms with Crippen LogP contribution in [-0.4, -0.2) is 29.0 Å². The Morgan fingerprint density at radius 2 is 0.754 bits per heavy atom. The molecule has 8 aromatic rings. The van der Waals surface area contributed by atoms with Crippen molar-refractivity contribution in [2.24, 2.45) is 4.99 Å². The van der Waals surface area contributed by atoms with Crippen LogP contribution in [0.2, 0.25) is 0 Å². The highest BCUT2D eigenvalue weighted by atomic mass is 16.4. The second-order valence-corrected chi connectivity index (χ2v) is 14.7. The largest absolute Gasteiger partial charge is 0.557 e. The summed E-state index contributed by atoms with van der Waals surface area (Å²) in [4.78, 5) is 5.47. The fraction of sp³-hybridized carbons (Fsp3) is 0.0192. The first kappa shape index (κ1) is 33.2. The second-order valence-electron chi connectivity index (χ2n) is 14.7. The molecule has 0 radical (unpaired) electrons. The van der Waals surface area contributed by atoms with Crippen LogP contribution in [0.4, 0.5) is 0 Å². The molecule has 6 aromatic carbocycles. The zero-order valence-electron chi connectivity index (χ0n) is 31.4. The van der Waals surface area contributed by atoms with Crippen molar-refractivity contribution in [2.75, 3.05) is 7.11 Å². The quantitative estimate of drug-likeness (QED) is 0.150. The molecule has 0 aliphatic carbocycles. The zero-order valence-corrected chi connectivity index (χ0v) is 31.4. The lowest BCUT2D eigenvalue weighted by molar-refractivity contribution is 0.396. The van der Waals surface area contributed by atoms with Gasteiger partial charge in [0.15, 0.2) is 0 Å². The van der Waals surface area contributed by atoms with Crippen LogP contribution in [0.15, 0.2) is 211 Å². The van der Waals surface area contributed by atoms with E-state index < -0.39 is 7.19 Å². The van der Waals surface area contributed by atoms with Crippen LogP contribution in [0.5, 0.6) is 0 Å². The van der Waals surface area contributed by atoms with Gasteiger partial charge >= 0.3 is 7.19 Å². The average Bonchev–Trinajstić information content (AvgIpc) is 4.05. The van der Waals surface area contributed by atoms with Gasteiger partial charge in [-0.2, -0.15) is 0 Å². The van der Waals surface area contributed by atoms with E-state index in [0.29, 0.717) is 0 Å². The minimum absolute atomic E-state index is 0.451. The molecule has 11 rings (SSSR count). The Morgan fingerprint density at radius 1 is 0.368 bits per heavy atom. The van der Waals surface area contributed by atoms with Crippen molar-refractivity contribution >= 4 is 29.6 Å². The Morgan fingerprint density at radius 3 is 1.23 bits per heavy atom. The highest BCUT2D eigenvalue weighted by Crippen LogP contribution is 2.38. The average molecular weight is 730 g/mol. The molecule has 4 nitrogen and oxygen atoms in total. The van der Waals surface area contributed by atoms with Crippen molar-refractivity contribution in [1.29, 1.82) is 0 Å². The highest BCUT2D eigenvalue weighted by Gasteiger charge is 2.37. The van der Waals surface area contributed by atoms with Crippen LogP contribution in [-0.2, 0) is 4.65 Å². The number of aliphatic imine (C=N–C) groups is 1. The van der Waals surface area contributed by atoms with Gasteiger partial charge in [-0.3, -0.25) is 0 Å². The molecule has 3 aliphatic rings. The van der Waals surface area contributed by atoms with Gasteiger partial charge in [-0.05, 0) is 86.5 Å². The van der Waals surface area contributed by atoms with E-state index in [9.17, 15) is 0 Å². The van der Waals surface area contributed by atoms with Crippen molar-refractivity contribution in [3.63, 3.8) is 0 Å². The fourth-order valence-corrected chi connectivity index (χ4v) is 8.82. The first-order valence-corrected chi connectivity index (χ1v) is 19.4. The number of rotatable bonds is 7. The van der Waals surface area contributed by atoms with Gasteiger partial charge in [0.05, 0.1) is 11.4 Å². The molecule has 2 aromatic heterocycles. The molecule has 0 unspecified atom stereocenters. The monoisotopic (exact) mass is 729 g/mol. The molecule has 4 bridgehead atoms. The van der Waals surface area contributed by atoms with Crippen LogP contribution in [0, 0.1) is 0 Å². The third-order valence-corrected chi connectivity index (χ3v) is 11.5. The van der Waals surface area contributed by atoms with Gasteiger partial charge in [-0.25, -0.2) is 4.99 Å². The van der Waals surface area contributed by atoms with E-state index in [0.717, 1.165) is 66.9 Å². The summed E-state index contributed by atoms with van der Waals surface area (Å²) in [5.74, 6) is 0. The van der Waals surface area contributed by atoms with Crippen molar-refractivity contribution in [1.82, 2.24) is 8.96 Å². The van der Waals surface area contributed by atoms with Crippen LogP contribution in [0.3, 0.4) is 0 Å². The molecule has 268 valence electrons. The first-order chi connectivity index (χ1) is 28.2. The molecule has 0 atom stereocenters. The van der Waals surface area contributed by atoms with Gasteiger partial charge in [0.25, 0.3) is 0 Å². The minimum atomic E-state index is -0.451. The zero-order chi connectivity index (χ0) is 37.9. The van der Waals surface area contributed by atoms with Crippen LogP contribution < -0.4 is 10.7 Å². The third-order valence-electron chi connectivity index (χ3n) is 11.5. The van der Waals surface area contributed by atoms with Gasteiger partial charge in [0.1, 0.15) is 0 Å². The Kier molecular flexibility index (Phi) is 7.87. The number of hydrogen-bond donors (Lipinski definition) is 0. The Bertz CT molecular complexity index is 3040. The molecule has 0 amide bonds. The van der Waals surface area contributed by atoms with E-state index in [1.807, 2.05) is 7.11 Å². The minimum Gasteiger partial charge on any atom is -0.400 e. The standard InChI is InChI=1S/C52H36BN3O/c1-57-53-55-46-31-33-48(55)52(43-27-21-40(22-28-43)37-15-9-4-10-16-37)49-34-32-47(56(49)53)51(42-25-19-39(20-26-42)36-13-7-3-8-14-36)45-30-29-44(54-45)50(46)41-23-17-38(18-24-41)35-11-5-2-6-12-35/h2-34H,1H3. The number of nitrogens with zero attached hydrogens (tertiary/aromatic N) is 3. The summed E-state index contributed by atoms with van der Waals surface area (Å²) in [6.07, 6.45) is 4.36. The van der Waals surface area contributed by atoms with Crippen molar-refractivity contribution in [2.45, 2.75) is 0 Å². The summed E-state index contributed by atoms with van der Waals surface area (Å²) in [6, 6.07) is 67.4. The summed E-state index contributed by atoms with van der Waals surface area (Å²) in [5, 5.41) is 2.15. The Hall–Kier alpha value is -7.21. The van der Waals surface area contributed by atoms with Crippen LogP contribution in [0.1, 0.15) is 28.1 Å². The van der Waals surface area contributed by atoms with E-state index in [2.05, 4.69) is 209 Å². The lowest BCUT2D eigenvalue weighted by Gasteiger charge is -2.28. The normalized spacial score (nSPS) is 14.0. The molecular formula is C52H36BN3O. The van der Waals surface area contributed by atoms with E-state index >= 15 is 0 Å². The highest BCUT2D eigenvalue weighted by molar-refractivity contribution is 6.50. The molecule has 0 N–H and O–H groups in total. The summed E-state index contributed by atoms with van der Waals surface area (Å²) in [6.45, 7) is 0. The molecule has 5 heterocycles. The predicted octanol–water partition coefficient (Wildman–Crippen LogP) is 9.86. The summed E-state index contributed by atoms with van der Waals surface area (Å²) in [7, 11) is 1.37. The predicted molar refractivity (Wildman–Crippen MR) is 234 cm³/mol. The van der Waals surface area contributed by atoms with Gasteiger partial charge in [-0.15, -0.1) is 0 Å². The van der Waals surface area contributed by atoms with Gasteiger partial charge in [0, 0.05) is 45.9 Å². The number of benzene rings is 6. The molecule has 3 aliphatic heterocycles. The SMILES string of the molecule is COB1n2c3ccc2C(c2ccc(-c4ccccc4)cc2)=c2ccc(n21)=C(c1ccc(-c2ccccc2)cc1)C1=NC(=C3c2ccc(-c3ccccc3)cc2)C=C1. The van der Waals surface area contributed by atoms with Crippen LogP contribution in [0.25, 0.3) is 50.1 Å². The van der Waals surface area contributed by atoms with E-state index in [4.69, 9.17) is 9.65 Å². The number of fused-ring (bicyclic) bond motifs is 1. The molecule has 0 spiro atoms. The Labute approximate surface area is 332 Å². The smallest absolute Gasteiger partial charge is 0.400 e. The maximum Gasteiger partial charge on any atom is 0.557 e. The summed E-state index contributed by atoms with van der Waals surface area (Å²) >= 11 is 0. The summed E-state index contributed by atoms with van der Waals surface area (Å²) < 4.78 is 11.3. The van der Waals surface area contributed by atoms with Gasteiger partial charge in [-0.1, -0.05) is 164 Å². The van der Waals surface area contributed by atoms with E-state index in [1.165, 1.54) is 33.4 Å². The van der Waals surface area contributed by atoms with Crippen LogP contribution >= 0.6 is 0 Å².